The van der Waals surface area contributed by atoms with Crippen molar-refractivity contribution in [3.8, 4) is 23.7 Å². The van der Waals surface area contributed by atoms with Crippen LogP contribution in [0, 0.1) is 29.6 Å². The Morgan fingerprint density at radius 2 is 1.00 bits per heavy atom. The molecule has 0 bridgehead atoms. The molecule has 0 heterocycles. The summed E-state index contributed by atoms with van der Waals surface area (Å²) in [5.41, 5.74) is 5.21. The van der Waals surface area contributed by atoms with Gasteiger partial charge in [0.05, 0.1) is 0 Å². The normalized spacial score (nSPS) is 11.3. The molecule has 0 aromatic rings. The SMILES string of the molecule is CCCCCCCCCCCC#CC#CCCCCCCCCCCCC(C)CCC(N)=O. The molecular weight excluding hydrogens is 402 g/mol. The third kappa shape index (κ3) is 28.6. The van der Waals surface area contributed by atoms with Crippen LogP contribution < -0.4 is 5.73 Å². The van der Waals surface area contributed by atoms with Crippen LogP contribution in [0.1, 0.15) is 162 Å². The van der Waals surface area contributed by atoms with Gasteiger partial charge in [-0.3, -0.25) is 4.79 Å². The van der Waals surface area contributed by atoms with Gasteiger partial charge in [0.25, 0.3) is 0 Å². The number of carbonyl (C=O) groups is 1. The van der Waals surface area contributed by atoms with Gasteiger partial charge >= 0.3 is 0 Å². The van der Waals surface area contributed by atoms with Crippen molar-refractivity contribution >= 4 is 5.91 Å². The predicted octanol–water partition coefficient (Wildman–Crippen LogP) is 9.11. The zero-order valence-electron chi connectivity index (χ0n) is 22.3. The number of rotatable bonds is 23. The molecule has 33 heavy (non-hydrogen) atoms. The number of unbranched alkanes of at least 4 members (excludes halogenated alkanes) is 18. The molecule has 0 saturated carbocycles. The second kappa shape index (κ2) is 26.8. The first-order chi connectivity index (χ1) is 16.2. The Bertz CT molecular complexity index is 545. The summed E-state index contributed by atoms with van der Waals surface area (Å²) in [6.45, 7) is 4.51. The first-order valence-corrected chi connectivity index (χ1v) is 14.4. The summed E-state index contributed by atoms with van der Waals surface area (Å²) in [6.07, 6.45) is 29.0. The third-order valence-corrected chi connectivity index (χ3v) is 6.53. The summed E-state index contributed by atoms with van der Waals surface area (Å²) < 4.78 is 0. The molecule has 1 unspecified atom stereocenters. The van der Waals surface area contributed by atoms with Crippen LogP contribution in [0.3, 0.4) is 0 Å². The van der Waals surface area contributed by atoms with Gasteiger partial charge in [-0.2, -0.15) is 0 Å². The Hall–Kier alpha value is -1.41. The third-order valence-electron chi connectivity index (χ3n) is 6.53. The highest BCUT2D eigenvalue weighted by Crippen LogP contribution is 2.16. The quantitative estimate of drug-likeness (QED) is 0.121. The van der Waals surface area contributed by atoms with Crippen LogP contribution in [-0.4, -0.2) is 5.91 Å². The van der Waals surface area contributed by atoms with Crippen molar-refractivity contribution in [1.29, 1.82) is 0 Å². The summed E-state index contributed by atoms with van der Waals surface area (Å²) in [5.74, 6) is 13.0. The number of nitrogens with two attached hydrogens (primary N) is 1. The van der Waals surface area contributed by atoms with Crippen molar-refractivity contribution in [3.63, 3.8) is 0 Å². The van der Waals surface area contributed by atoms with E-state index in [1.54, 1.807) is 0 Å². The van der Waals surface area contributed by atoms with Crippen molar-refractivity contribution < 1.29 is 4.79 Å². The van der Waals surface area contributed by atoms with Crippen LogP contribution in [-0.2, 0) is 4.79 Å². The van der Waals surface area contributed by atoms with Gasteiger partial charge in [-0.05, 0) is 37.0 Å². The standard InChI is InChI=1S/C31H55NO/c1-3-4-5-6-7-8-9-10-11-12-13-14-15-16-17-18-19-20-21-22-23-24-25-26-27-30(2)28-29-31(32)33/h30H,3-12,17-29H2,1-2H3,(H2,32,33). The van der Waals surface area contributed by atoms with Crippen LogP contribution in [0.5, 0.6) is 0 Å². The molecule has 0 fully saturated rings. The smallest absolute Gasteiger partial charge is 0.217 e. The van der Waals surface area contributed by atoms with Crippen molar-refractivity contribution in [2.24, 2.45) is 11.7 Å². The fourth-order valence-electron chi connectivity index (χ4n) is 4.21. The molecule has 0 rings (SSSR count). The fourth-order valence-corrected chi connectivity index (χ4v) is 4.21. The summed E-state index contributed by atoms with van der Waals surface area (Å²) in [7, 11) is 0. The predicted molar refractivity (Wildman–Crippen MR) is 146 cm³/mol. The van der Waals surface area contributed by atoms with Gasteiger partial charge in [-0.25, -0.2) is 0 Å². The minimum atomic E-state index is -0.165. The summed E-state index contributed by atoms with van der Waals surface area (Å²) in [4.78, 5) is 10.8. The van der Waals surface area contributed by atoms with Crippen molar-refractivity contribution in [3.05, 3.63) is 0 Å². The number of amides is 1. The molecule has 0 aromatic heterocycles. The maximum absolute atomic E-state index is 10.8. The average molecular weight is 458 g/mol. The highest BCUT2D eigenvalue weighted by atomic mass is 16.1. The first kappa shape index (κ1) is 31.6. The van der Waals surface area contributed by atoms with Gasteiger partial charge in [-0.15, -0.1) is 0 Å². The van der Waals surface area contributed by atoms with Gasteiger partial charge in [0.15, 0.2) is 0 Å². The monoisotopic (exact) mass is 457 g/mol. The van der Waals surface area contributed by atoms with E-state index >= 15 is 0 Å². The number of primary amides is 1. The molecule has 1 amide bonds. The van der Waals surface area contributed by atoms with Crippen LogP contribution in [0.25, 0.3) is 0 Å². The minimum absolute atomic E-state index is 0.165. The van der Waals surface area contributed by atoms with Gasteiger partial charge in [0.1, 0.15) is 0 Å². The Labute approximate surface area is 207 Å². The largest absolute Gasteiger partial charge is 0.370 e. The van der Waals surface area contributed by atoms with Gasteiger partial charge in [0, 0.05) is 19.3 Å². The molecule has 0 radical (unpaired) electrons. The molecule has 1 atom stereocenters. The Morgan fingerprint density at radius 1 is 0.606 bits per heavy atom. The summed E-state index contributed by atoms with van der Waals surface area (Å²) in [5, 5.41) is 0. The van der Waals surface area contributed by atoms with E-state index in [1.165, 1.54) is 122 Å². The molecule has 0 aromatic carbocycles. The molecule has 0 aliphatic carbocycles. The van der Waals surface area contributed by atoms with Crippen LogP contribution in [0.15, 0.2) is 0 Å². The maximum Gasteiger partial charge on any atom is 0.217 e. The van der Waals surface area contributed by atoms with E-state index in [0.717, 1.165) is 19.3 Å². The van der Waals surface area contributed by atoms with E-state index in [-0.39, 0.29) is 5.91 Å². The topological polar surface area (TPSA) is 43.1 Å². The van der Waals surface area contributed by atoms with Crippen LogP contribution in [0.2, 0.25) is 0 Å². The second-order valence-electron chi connectivity index (χ2n) is 10.0. The Morgan fingerprint density at radius 3 is 1.42 bits per heavy atom. The zero-order chi connectivity index (χ0) is 24.2. The van der Waals surface area contributed by atoms with Gasteiger partial charge < -0.3 is 5.73 Å². The molecule has 2 nitrogen and oxygen atoms in total. The lowest BCUT2D eigenvalue weighted by Crippen LogP contribution is -2.11. The summed E-state index contributed by atoms with van der Waals surface area (Å²) >= 11 is 0. The lowest BCUT2D eigenvalue weighted by molar-refractivity contribution is -0.118. The van der Waals surface area contributed by atoms with Crippen molar-refractivity contribution in [1.82, 2.24) is 0 Å². The van der Waals surface area contributed by atoms with E-state index in [4.69, 9.17) is 5.73 Å². The minimum Gasteiger partial charge on any atom is -0.370 e. The second-order valence-corrected chi connectivity index (χ2v) is 10.0. The lowest BCUT2D eigenvalue weighted by Gasteiger charge is -2.09. The highest BCUT2D eigenvalue weighted by molar-refractivity contribution is 5.73. The summed E-state index contributed by atoms with van der Waals surface area (Å²) in [6, 6.07) is 0. The average Bonchev–Trinajstić information content (AvgIpc) is 2.80. The van der Waals surface area contributed by atoms with Crippen molar-refractivity contribution in [2.45, 2.75) is 162 Å². The van der Waals surface area contributed by atoms with E-state index in [2.05, 4.69) is 37.5 Å². The lowest BCUT2D eigenvalue weighted by atomic mass is 9.97. The molecule has 0 aliphatic heterocycles. The fraction of sp³-hybridized carbons (Fsp3) is 0.839. The van der Waals surface area contributed by atoms with E-state index in [1.807, 2.05) is 0 Å². The van der Waals surface area contributed by atoms with Crippen LogP contribution >= 0.6 is 0 Å². The van der Waals surface area contributed by atoms with E-state index in [0.29, 0.717) is 12.3 Å². The van der Waals surface area contributed by atoms with Gasteiger partial charge in [0.2, 0.25) is 5.91 Å². The van der Waals surface area contributed by atoms with E-state index < -0.39 is 0 Å². The van der Waals surface area contributed by atoms with Crippen molar-refractivity contribution in [2.75, 3.05) is 0 Å². The van der Waals surface area contributed by atoms with E-state index in [9.17, 15) is 4.79 Å². The zero-order valence-corrected chi connectivity index (χ0v) is 22.3. The number of hydrogen-bond acceptors (Lipinski definition) is 1. The molecule has 2 heteroatoms. The first-order valence-electron chi connectivity index (χ1n) is 14.4. The van der Waals surface area contributed by atoms with Gasteiger partial charge in [-0.1, -0.05) is 135 Å². The molecule has 0 spiro atoms. The maximum atomic E-state index is 10.8. The Kier molecular flexibility index (Phi) is 25.7. The molecular formula is C31H55NO. The number of hydrogen-bond donors (Lipinski definition) is 1. The molecule has 0 saturated heterocycles. The Balaban J connectivity index is 3.28. The molecule has 190 valence electrons. The molecule has 0 aliphatic rings. The molecule has 2 N–H and O–H groups in total. The van der Waals surface area contributed by atoms with Crippen LogP contribution in [0.4, 0.5) is 0 Å². The highest BCUT2D eigenvalue weighted by Gasteiger charge is 2.04. The number of carbonyl (C=O) groups excluding carboxylic acids is 1.